The number of halogens is 1. The van der Waals surface area contributed by atoms with Crippen molar-refractivity contribution in [2.45, 2.75) is 33.6 Å². The Labute approximate surface area is 125 Å². The van der Waals surface area contributed by atoms with Crippen LogP contribution in [0.3, 0.4) is 0 Å². The number of nitrogens with one attached hydrogen (secondary N) is 1. The average Bonchev–Trinajstić information content (AvgIpc) is 2.38. The molecular formula is C15H21ClN2O2. The summed E-state index contributed by atoms with van der Waals surface area (Å²) in [6, 6.07) is 5.66. The second-order valence-corrected chi connectivity index (χ2v) is 5.14. The molecule has 5 heteroatoms. The Bertz CT molecular complexity index is 501. The van der Waals surface area contributed by atoms with E-state index in [2.05, 4.69) is 5.32 Å². The number of carbonyl (C=O) groups is 2. The highest BCUT2D eigenvalue weighted by atomic mass is 35.5. The van der Waals surface area contributed by atoms with Gasteiger partial charge >= 0.3 is 0 Å². The Morgan fingerprint density at radius 1 is 1.35 bits per heavy atom. The second-order valence-electron chi connectivity index (χ2n) is 4.87. The van der Waals surface area contributed by atoms with Crippen LogP contribution in [0.5, 0.6) is 0 Å². The third-order valence-corrected chi connectivity index (χ3v) is 3.31. The molecule has 0 unspecified atom stereocenters. The van der Waals surface area contributed by atoms with E-state index < -0.39 is 0 Å². The van der Waals surface area contributed by atoms with Gasteiger partial charge in [0.1, 0.15) is 5.88 Å². The van der Waals surface area contributed by atoms with Crippen molar-refractivity contribution in [1.29, 1.82) is 0 Å². The van der Waals surface area contributed by atoms with E-state index in [9.17, 15) is 9.59 Å². The van der Waals surface area contributed by atoms with Gasteiger partial charge in [-0.1, -0.05) is 19.9 Å². The smallest absolute Gasteiger partial charge is 0.239 e. The van der Waals surface area contributed by atoms with Gasteiger partial charge in [0, 0.05) is 24.8 Å². The lowest BCUT2D eigenvalue weighted by atomic mass is 10.00. The maximum Gasteiger partial charge on any atom is 0.239 e. The van der Waals surface area contributed by atoms with Gasteiger partial charge < -0.3 is 10.2 Å². The Balaban J connectivity index is 3.22. The standard InChI is InChI=1S/C15H21ClN2O2/c1-5-18(11(4)19)12-6-7-13(10(2)3)14(8-12)17-15(20)9-16/h6-8,10H,5,9H2,1-4H3,(H,17,20). The molecule has 0 aromatic heterocycles. The van der Waals surface area contributed by atoms with Crippen LogP contribution in [0.4, 0.5) is 11.4 Å². The quantitative estimate of drug-likeness (QED) is 0.847. The lowest BCUT2D eigenvalue weighted by Gasteiger charge is -2.22. The van der Waals surface area contributed by atoms with Crippen LogP contribution in [0.15, 0.2) is 18.2 Å². The number of hydrogen-bond acceptors (Lipinski definition) is 2. The largest absolute Gasteiger partial charge is 0.325 e. The summed E-state index contributed by atoms with van der Waals surface area (Å²) < 4.78 is 0. The van der Waals surface area contributed by atoms with Gasteiger partial charge in [0.25, 0.3) is 0 Å². The fourth-order valence-electron chi connectivity index (χ4n) is 2.09. The van der Waals surface area contributed by atoms with E-state index in [0.29, 0.717) is 12.2 Å². The first-order valence-corrected chi connectivity index (χ1v) is 7.22. The van der Waals surface area contributed by atoms with E-state index in [1.807, 2.05) is 39.0 Å². The maximum atomic E-state index is 11.6. The van der Waals surface area contributed by atoms with Crippen LogP contribution in [-0.4, -0.2) is 24.2 Å². The molecule has 1 aromatic carbocycles. The summed E-state index contributed by atoms with van der Waals surface area (Å²) in [6.07, 6.45) is 0. The molecular weight excluding hydrogens is 276 g/mol. The molecule has 0 aliphatic carbocycles. The predicted octanol–water partition coefficient (Wildman–Crippen LogP) is 3.36. The minimum atomic E-state index is -0.253. The molecule has 20 heavy (non-hydrogen) atoms. The second kappa shape index (κ2) is 7.29. The summed E-state index contributed by atoms with van der Waals surface area (Å²) in [7, 11) is 0. The summed E-state index contributed by atoms with van der Waals surface area (Å²) >= 11 is 5.54. The number of amides is 2. The summed E-state index contributed by atoms with van der Waals surface area (Å²) in [5, 5.41) is 2.79. The molecule has 0 radical (unpaired) electrons. The number of nitrogens with zero attached hydrogens (tertiary/aromatic N) is 1. The van der Waals surface area contributed by atoms with Gasteiger partial charge in [0.15, 0.2) is 0 Å². The van der Waals surface area contributed by atoms with Crippen molar-refractivity contribution in [3.63, 3.8) is 0 Å². The summed E-state index contributed by atoms with van der Waals surface area (Å²) in [6.45, 7) is 8.12. The number of carbonyl (C=O) groups excluding carboxylic acids is 2. The monoisotopic (exact) mass is 296 g/mol. The first-order chi connectivity index (χ1) is 9.40. The molecule has 0 aliphatic heterocycles. The molecule has 0 atom stereocenters. The van der Waals surface area contributed by atoms with Crippen LogP contribution >= 0.6 is 11.6 Å². The first kappa shape index (κ1) is 16.5. The molecule has 0 saturated heterocycles. The fraction of sp³-hybridized carbons (Fsp3) is 0.467. The number of alkyl halides is 1. The van der Waals surface area contributed by atoms with E-state index in [4.69, 9.17) is 11.6 Å². The van der Waals surface area contributed by atoms with Crippen LogP contribution < -0.4 is 10.2 Å². The van der Waals surface area contributed by atoms with Crippen molar-refractivity contribution in [3.05, 3.63) is 23.8 Å². The summed E-state index contributed by atoms with van der Waals surface area (Å²) in [4.78, 5) is 24.8. The SMILES string of the molecule is CCN(C(C)=O)c1ccc(C(C)C)c(NC(=O)CCl)c1. The molecule has 0 aliphatic rings. The van der Waals surface area contributed by atoms with Crippen molar-refractivity contribution in [2.24, 2.45) is 0 Å². The molecule has 1 rings (SSSR count). The van der Waals surface area contributed by atoms with E-state index in [1.165, 1.54) is 6.92 Å². The van der Waals surface area contributed by atoms with E-state index >= 15 is 0 Å². The number of benzene rings is 1. The van der Waals surface area contributed by atoms with Gasteiger partial charge in [-0.15, -0.1) is 11.6 Å². The van der Waals surface area contributed by atoms with Gasteiger partial charge in [-0.05, 0) is 30.5 Å². The molecule has 0 saturated carbocycles. The Morgan fingerprint density at radius 3 is 2.45 bits per heavy atom. The first-order valence-electron chi connectivity index (χ1n) is 6.68. The van der Waals surface area contributed by atoms with Gasteiger partial charge in [0.05, 0.1) is 0 Å². The van der Waals surface area contributed by atoms with Gasteiger partial charge in [-0.3, -0.25) is 9.59 Å². The Hall–Kier alpha value is -1.55. The molecule has 1 aromatic rings. The molecule has 0 heterocycles. The number of anilines is 2. The van der Waals surface area contributed by atoms with Crippen molar-refractivity contribution in [2.75, 3.05) is 22.6 Å². The maximum absolute atomic E-state index is 11.6. The molecule has 4 nitrogen and oxygen atoms in total. The highest BCUT2D eigenvalue weighted by Crippen LogP contribution is 2.29. The third-order valence-electron chi connectivity index (χ3n) is 3.06. The van der Waals surface area contributed by atoms with Crippen molar-refractivity contribution >= 4 is 34.8 Å². The minimum Gasteiger partial charge on any atom is -0.325 e. The van der Waals surface area contributed by atoms with Crippen molar-refractivity contribution in [3.8, 4) is 0 Å². The minimum absolute atomic E-state index is 0.0283. The zero-order chi connectivity index (χ0) is 15.3. The van der Waals surface area contributed by atoms with Gasteiger partial charge in [-0.2, -0.15) is 0 Å². The zero-order valence-electron chi connectivity index (χ0n) is 12.4. The molecule has 0 fully saturated rings. The van der Waals surface area contributed by atoms with Crippen molar-refractivity contribution < 1.29 is 9.59 Å². The van der Waals surface area contributed by atoms with Gasteiger partial charge in [-0.25, -0.2) is 0 Å². The normalized spacial score (nSPS) is 10.5. The summed E-state index contributed by atoms with van der Waals surface area (Å²) in [5.74, 6) is -0.107. The number of hydrogen-bond donors (Lipinski definition) is 1. The summed E-state index contributed by atoms with van der Waals surface area (Å²) in [5.41, 5.74) is 2.50. The number of rotatable bonds is 5. The molecule has 2 amide bonds. The van der Waals surface area contributed by atoms with Crippen LogP contribution in [0.2, 0.25) is 0 Å². The zero-order valence-corrected chi connectivity index (χ0v) is 13.1. The van der Waals surface area contributed by atoms with Crippen LogP contribution in [0.1, 0.15) is 39.2 Å². The van der Waals surface area contributed by atoms with Crippen LogP contribution in [0.25, 0.3) is 0 Å². The molecule has 0 bridgehead atoms. The van der Waals surface area contributed by atoms with Crippen LogP contribution in [0, 0.1) is 0 Å². The molecule has 0 spiro atoms. The topological polar surface area (TPSA) is 49.4 Å². The molecule has 110 valence electrons. The predicted molar refractivity (Wildman–Crippen MR) is 83.6 cm³/mol. The lowest BCUT2D eigenvalue weighted by molar-refractivity contribution is -0.116. The Morgan fingerprint density at radius 2 is 2.00 bits per heavy atom. The van der Waals surface area contributed by atoms with Crippen molar-refractivity contribution in [1.82, 2.24) is 0 Å². The van der Waals surface area contributed by atoms with E-state index in [-0.39, 0.29) is 23.6 Å². The fourth-order valence-corrected chi connectivity index (χ4v) is 2.16. The average molecular weight is 297 g/mol. The lowest BCUT2D eigenvalue weighted by Crippen LogP contribution is -2.28. The Kier molecular flexibility index (Phi) is 6.02. The third kappa shape index (κ3) is 3.97. The van der Waals surface area contributed by atoms with E-state index in [0.717, 1.165) is 11.3 Å². The highest BCUT2D eigenvalue weighted by Gasteiger charge is 2.14. The van der Waals surface area contributed by atoms with Gasteiger partial charge in [0.2, 0.25) is 11.8 Å². The van der Waals surface area contributed by atoms with Crippen LogP contribution in [-0.2, 0) is 9.59 Å². The highest BCUT2D eigenvalue weighted by molar-refractivity contribution is 6.29. The molecule has 1 N–H and O–H groups in total. The van der Waals surface area contributed by atoms with E-state index in [1.54, 1.807) is 4.90 Å².